The van der Waals surface area contributed by atoms with E-state index in [0.717, 1.165) is 11.8 Å². The van der Waals surface area contributed by atoms with Crippen LogP contribution >= 0.6 is 11.8 Å². The Morgan fingerprint density at radius 3 is 2.37 bits per heavy atom. The third-order valence-electron chi connectivity index (χ3n) is 4.04. The lowest BCUT2D eigenvalue weighted by Gasteiger charge is -2.10. The van der Waals surface area contributed by atoms with Crippen LogP contribution in [0.4, 0.5) is 14.7 Å². The highest BCUT2D eigenvalue weighted by atomic mass is 32.2. The van der Waals surface area contributed by atoms with Gasteiger partial charge in [-0.15, -0.1) is 10.2 Å². The van der Waals surface area contributed by atoms with Crippen molar-refractivity contribution in [2.75, 3.05) is 11.1 Å². The van der Waals surface area contributed by atoms with Gasteiger partial charge < -0.3 is 4.52 Å². The molecule has 7 nitrogen and oxygen atoms in total. The second kappa shape index (κ2) is 8.46. The Hall–Kier alpha value is -3.53. The number of hydrogen-bond donors (Lipinski definition) is 1. The number of aryl methyl sites for hydroxylation is 1. The van der Waals surface area contributed by atoms with E-state index >= 15 is 0 Å². The molecule has 0 atom stereocenters. The van der Waals surface area contributed by atoms with Crippen molar-refractivity contribution in [3.8, 4) is 17.1 Å². The Morgan fingerprint density at radius 1 is 1.07 bits per heavy atom. The van der Waals surface area contributed by atoms with E-state index in [1.165, 1.54) is 24.3 Å². The quantitative estimate of drug-likeness (QED) is 0.463. The number of thioether (sulfide) groups is 1. The molecule has 2 heterocycles. The van der Waals surface area contributed by atoms with Gasteiger partial charge in [0.2, 0.25) is 11.8 Å². The number of amides is 1. The van der Waals surface area contributed by atoms with Crippen LogP contribution < -0.4 is 5.32 Å². The monoisotopic (exact) mass is 427 g/mol. The van der Waals surface area contributed by atoms with Crippen LogP contribution in [0.2, 0.25) is 0 Å². The topological polar surface area (TPSA) is 85.8 Å². The van der Waals surface area contributed by atoms with Gasteiger partial charge in [-0.05, 0) is 55.5 Å². The average Bonchev–Trinajstić information content (AvgIpc) is 3.34. The van der Waals surface area contributed by atoms with Crippen LogP contribution in [0.5, 0.6) is 0 Å². The molecule has 0 fully saturated rings. The zero-order valence-corrected chi connectivity index (χ0v) is 16.5. The summed E-state index contributed by atoms with van der Waals surface area (Å²) in [6.07, 6.45) is 0. The third kappa shape index (κ3) is 4.38. The fourth-order valence-electron chi connectivity index (χ4n) is 2.70. The zero-order chi connectivity index (χ0) is 21.1. The number of carbonyl (C=O) groups is 1. The fourth-order valence-corrected chi connectivity index (χ4v) is 3.45. The molecule has 10 heteroatoms. The maximum atomic E-state index is 13.4. The summed E-state index contributed by atoms with van der Waals surface area (Å²) in [5.74, 6) is -0.345. The number of aromatic nitrogens is 4. The molecule has 2 aromatic carbocycles. The Morgan fingerprint density at radius 2 is 1.73 bits per heavy atom. The molecule has 4 rings (SSSR count). The summed E-state index contributed by atoms with van der Waals surface area (Å²) in [4.78, 5) is 12.2. The molecule has 2 aromatic heterocycles. The molecular weight excluding hydrogens is 412 g/mol. The van der Waals surface area contributed by atoms with Crippen LogP contribution in [0.25, 0.3) is 17.1 Å². The predicted octanol–water partition coefficient (Wildman–Crippen LogP) is 4.24. The number of nitrogens with one attached hydrogen (secondary N) is 1. The van der Waals surface area contributed by atoms with Gasteiger partial charge in [0, 0.05) is 17.3 Å². The first-order valence-corrected chi connectivity index (χ1v) is 9.81. The summed E-state index contributed by atoms with van der Waals surface area (Å²) < 4.78 is 33.4. The minimum absolute atomic E-state index is 0.0303. The number of anilines is 1. The number of halogens is 2. The van der Waals surface area contributed by atoms with E-state index in [2.05, 4.69) is 20.7 Å². The van der Waals surface area contributed by atoms with E-state index in [1.54, 1.807) is 41.8 Å². The maximum Gasteiger partial charge on any atom is 0.237 e. The standard InChI is InChI=1S/C20H15F2N5O2S/c1-12-10-18(29-26-12)23-17(28)11-30-20-25-24-19(13-2-4-14(21)5-3-13)27(20)16-8-6-15(22)7-9-16/h2-10H,11H2,1H3,(H,23,28). The fraction of sp³-hybridized carbons (Fsp3) is 0.100. The average molecular weight is 427 g/mol. The number of carbonyl (C=O) groups excluding carboxylic acids is 1. The second-order valence-electron chi connectivity index (χ2n) is 6.29. The molecule has 0 aliphatic rings. The highest BCUT2D eigenvalue weighted by Crippen LogP contribution is 2.28. The van der Waals surface area contributed by atoms with Gasteiger partial charge >= 0.3 is 0 Å². The van der Waals surface area contributed by atoms with Crippen molar-refractivity contribution < 1.29 is 18.1 Å². The molecule has 0 unspecified atom stereocenters. The summed E-state index contributed by atoms with van der Waals surface area (Å²) in [6, 6.07) is 13.2. The van der Waals surface area contributed by atoms with Gasteiger partial charge in [-0.25, -0.2) is 8.78 Å². The molecule has 0 spiro atoms. The molecule has 4 aromatic rings. The van der Waals surface area contributed by atoms with E-state index < -0.39 is 0 Å². The smallest absolute Gasteiger partial charge is 0.237 e. The summed E-state index contributed by atoms with van der Waals surface area (Å²) in [5, 5.41) is 15.1. The molecule has 0 radical (unpaired) electrons. The van der Waals surface area contributed by atoms with Crippen LogP contribution in [-0.2, 0) is 4.79 Å². The largest absolute Gasteiger partial charge is 0.338 e. The lowest BCUT2D eigenvalue weighted by Crippen LogP contribution is -2.14. The Balaban J connectivity index is 1.61. The summed E-state index contributed by atoms with van der Waals surface area (Å²) in [5.41, 5.74) is 1.88. The molecule has 1 amide bonds. The Labute approximate surface area is 174 Å². The molecule has 152 valence electrons. The van der Waals surface area contributed by atoms with E-state index in [9.17, 15) is 13.6 Å². The third-order valence-corrected chi connectivity index (χ3v) is 4.97. The lowest BCUT2D eigenvalue weighted by molar-refractivity contribution is -0.113. The van der Waals surface area contributed by atoms with Crippen LogP contribution in [0.3, 0.4) is 0 Å². The number of benzene rings is 2. The Bertz CT molecular complexity index is 1170. The van der Waals surface area contributed by atoms with Crippen LogP contribution in [0.15, 0.2) is 64.3 Å². The van der Waals surface area contributed by atoms with Crippen molar-refractivity contribution >= 4 is 23.6 Å². The zero-order valence-electron chi connectivity index (χ0n) is 15.7. The minimum atomic E-state index is -0.383. The molecule has 30 heavy (non-hydrogen) atoms. The molecule has 1 N–H and O–H groups in total. The normalized spacial score (nSPS) is 10.9. The van der Waals surface area contributed by atoms with Gasteiger partial charge in [0.25, 0.3) is 0 Å². The summed E-state index contributed by atoms with van der Waals surface area (Å²) >= 11 is 1.15. The molecule has 0 saturated heterocycles. The number of rotatable bonds is 6. The van der Waals surface area contributed by atoms with Crippen LogP contribution in [0, 0.1) is 18.6 Å². The predicted molar refractivity (Wildman–Crippen MR) is 107 cm³/mol. The van der Waals surface area contributed by atoms with E-state index in [1.807, 2.05) is 0 Å². The van der Waals surface area contributed by atoms with E-state index in [0.29, 0.717) is 27.9 Å². The SMILES string of the molecule is Cc1cc(NC(=O)CSc2nnc(-c3ccc(F)cc3)n2-c2ccc(F)cc2)on1. The van der Waals surface area contributed by atoms with Gasteiger partial charge in [-0.1, -0.05) is 16.9 Å². The molecule has 0 bridgehead atoms. The Kier molecular flexibility index (Phi) is 5.57. The first-order valence-electron chi connectivity index (χ1n) is 8.83. The molecule has 0 saturated carbocycles. The molecule has 0 aliphatic carbocycles. The van der Waals surface area contributed by atoms with E-state index in [-0.39, 0.29) is 29.2 Å². The van der Waals surface area contributed by atoms with Gasteiger partial charge in [0.05, 0.1) is 11.4 Å². The van der Waals surface area contributed by atoms with Crippen molar-refractivity contribution in [2.45, 2.75) is 12.1 Å². The molecule has 0 aliphatic heterocycles. The highest BCUT2D eigenvalue weighted by molar-refractivity contribution is 7.99. The summed E-state index contributed by atoms with van der Waals surface area (Å²) in [7, 11) is 0. The summed E-state index contributed by atoms with van der Waals surface area (Å²) in [6.45, 7) is 1.75. The molecular formula is C20H15F2N5O2S. The van der Waals surface area contributed by atoms with Crippen LogP contribution in [-0.4, -0.2) is 31.6 Å². The van der Waals surface area contributed by atoms with Crippen molar-refractivity contribution in [3.05, 3.63) is 71.9 Å². The van der Waals surface area contributed by atoms with E-state index in [4.69, 9.17) is 4.52 Å². The van der Waals surface area contributed by atoms with Gasteiger partial charge in [0.15, 0.2) is 11.0 Å². The number of nitrogens with zero attached hydrogens (tertiary/aromatic N) is 4. The first-order chi connectivity index (χ1) is 14.5. The van der Waals surface area contributed by atoms with Crippen LogP contribution in [0.1, 0.15) is 5.69 Å². The lowest BCUT2D eigenvalue weighted by atomic mass is 10.2. The first kappa shape index (κ1) is 19.8. The van der Waals surface area contributed by atoms with Crippen molar-refractivity contribution in [2.24, 2.45) is 0 Å². The highest BCUT2D eigenvalue weighted by Gasteiger charge is 2.18. The van der Waals surface area contributed by atoms with Gasteiger partial charge in [0.1, 0.15) is 11.6 Å². The number of hydrogen-bond acceptors (Lipinski definition) is 6. The van der Waals surface area contributed by atoms with Crippen molar-refractivity contribution in [3.63, 3.8) is 0 Å². The van der Waals surface area contributed by atoms with Crippen molar-refractivity contribution in [1.82, 2.24) is 19.9 Å². The maximum absolute atomic E-state index is 13.4. The van der Waals surface area contributed by atoms with Crippen molar-refractivity contribution in [1.29, 1.82) is 0 Å². The van der Waals surface area contributed by atoms with Gasteiger partial charge in [-0.3, -0.25) is 14.7 Å². The minimum Gasteiger partial charge on any atom is -0.338 e. The second-order valence-corrected chi connectivity index (χ2v) is 7.24. The van der Waals surface area contributed by atoms with Gasteiger partial charge in [-0.2, -0.15) is 0 Å².